The monoisotopic (exact) mass is 411 g/mol. The van der Waals surface area contributed by atoms with Crippen molar-refractivity contribution in [1.29, 1.82) is 0 Å². The Hall–Kier alpha value is -1.30. The standard InChI is InChI=1S/C20H27Cl2N3O2/c1-20(2)7-3-8-25(13-20)15-6-9-24(12-15)18(26)11-23-19(27)14-4-5-16(21)17(22)10-14/h4-5,10,15H,3,6-9,11-13H2,1-2H3,(H,23,27). The molecule has 0 spiro atoms. The molecule has 7 heteroatoms. The zero-order valence-electron chi connectivity index (χ0n) is 15.9. The van der Waals surface area contributed by atoms with Gasteiger partial charge in [0.1, 0.15) is 0 Å². The molecule has 1 atom stereocenters. The average molecular weight is 412 g/mol. The Bertz CT molecular complexity index is 723. The fourth-order valence-electron chi connectivity index (χ4n) is 4.05. The molecule has 2 saturated heterocycles. The van der Waals surface area contributed by atoms with E-state index >= 15 is 0 Å². The van der Waals surface area contributed by atoms with Crippen LogP contribution in [0.15, 0.2) is 18.2 Å². The topological polar surface area (TPSA) is 52.6 Å². The molecular weight excluding hydrogens is 385 g/mol. The normalized spacial score (nSPS) is 22.7. The van der Waals surface area contributed by atoms with Crippen molar-refractivity contribution in [3.8, 4) is 0 Å². The summed E-state index contributed by atoms with van der Waals surface area (Å²) >= 11 is 11.8. The molecule has 0 bridgehead atoms. The van der Waals surface area contributed by atoms with Gasteiger partial charge in [-0.3, -0.25) is 14.5 Å². The van der Waals surface area contributed by atoms with Crippen molar-refractivity contribution in [2.45, 2.75) is 39.2 Å². The molecule has 0 saturated carbocycles. The van der Waals surface area contributed by atoms with E-state index in [1.807, 2.05) is 4.90 Å². The number of likely N-dealkylation sites (tertiary alicyclic amines) is 2. The number of carbonyl (C=O) groups is 2. The van der Waals surface area contributed by atoms with Gasteiger partial charge in [0.2, 0.25) is 5.91 Å². The summed E-state index contributed by atoms with van der Waals surface area (Å²) in [6, 6.07) is 5.11. The summed E-state index contributed by atoms with van der Waals surface area (Å²) in [5.74, 6) is -0.363. The van der Waals surface area contributed by atoms with Crippen molar-refractivity contribution >= 4 is 35.0 Å². The summed E-state index contributed by atoms with van der Waals surface area (Å²) in [6.07, 6.45) is 3.49. The number of halogens is 2. The number of piperidine rings is 1. The molecule has 2 fully saturated rings. The molecule has 2 amide bonds. The van der Waals surface area contributed by atoms with Crippen LogP contribution in [0.25, 0.3) is 0 Å². The first-order valence-corrected chi connectivity index (χ1v) is 10.3. The fourth-order valence-corrected chi connectivity index (χ4v) is 4.35. The Morgan fingerprint density at radius 2 is 2.00 bits per heavy atom. The molecule has 1 aromatic carbocycles. The minimum Gasteiger partial charge on any atom is -0.343 e. The summed E-state index contributed by atoms with van der Waals surface area (Å²) in [6.45, 7) is 8.33. The van der Waals surface area contributed by atoms with E-state index in [4.69, 9.17) is 23.2 Å². The Balaban J connectivity index is 1.49. The van der Waals surface area contributed by atoms with Gasteiger partial charge in [0.25, 0.3) is 5.91 Å². The van der Waals surface area contributed by atoms with E-state index in [1.165, 1.54) is 18.9 Å². The first-order chi connectivity index (χ1) is 12.7. The molecule has 5 nitrogen and oxygen atoms in total. The molecule has 0 aliphatic carbocycles. The predicted octanol–water partition coefficient (Wildman–Crippen LogP) is 3.45. The molecule has 0 radical (unpaired) electrons. The fraction of sp³-hybridized carbons (Fsp3) is 0.600. The van der Waals surface area contributed by atoms with E-state index in [2.05, 4.69) is 24.1 Å². The Labute approximate surface area is 171 Å². The molecular formula is C20H27Cl2N3O2. The summed E-state index contributed by atoms with van der Waals surface area (Å²) in [4.78, 5) is 29.1. The van der Waals surface area contributed by atoms with Crippen LogP contribution in [0.3, 0.4) is 0 Å². The van der Waals surface area contributed by atoms with Crippen molar-refractivity contribution in [3.63, 3.8) is 0 Å². The van der Waals surface area contributed by atoms with E-state index in [0.717, 1.165) is 32.6 Å². The van der Waals surface area contributed by atoms with Crippen LogP contribution in [0, 0.1) is 5.41 Å². The third-order valence-corrected chi connectivity index (χ3v) is 6.28. The molecule has 1 N–H and O–H groups in total. The minimum atomic E-state index is -0.324. The third-order valence-electron chi connectivity index (χ3n) is 5.54. The van der Waals surface area contributed by atoms with Crippen LogP contribution in [-0.4, -0.2) is 60.4 Å². The lowest BCUT2D eigenvalue weighted by molar-refractivity contribution is -0.129. The van der Waals surface area contributed by atoms with Crippen LogP contribution < -0.4 is 5.32 Å². The van der Waals surface area contributed by atoms with Gasteiger partial charge in [0.05, 0.1) is 16.6 Å². The maximum atomic E-state index is 12.5. The largest absolute Gasteiger partial charge is 0.343 e. The van der Waals surface area contributed by atoms with Crippen LogP contribution in [-0.2, 0) is 4.79 Å². The van der Waals surface area contributed by atoms with Gasteiger partial charge in [-0.2, -0.15) is 0 Å². The van der Waals surface area contributed by atoms with E-state index in [0.29, 0.717) is 27.1 Å². The quantitative estimate of drug-likeness (QED) is 0.825. The highest BCUT2D eigenvalue weighted by atomic mass is 35.5. The SMILES string of the molecule is CC1(C)CCCN(C2CCN(C(=O)CNC(=O)c3ccc(Cl)c(Cl)c3)C2)C1. The van der Waals surface area contributed by atoms with Crippen molar-refractivity contribution in [2.75, 3.05) is 32.7 Å². The number of carbonyl (C=O) groups excluding carboxylic acids is 2. The van der Waals surface area contributed by atoms with E-state index in [1.54, 1.807) is 12.1 Å². The molecule has 1 aromatic rings. The van der Waals surface area contributed by atoms with Crippen LogP contribution in [0.4, 0.5) is 0 Å². The number of nitrogens with one attached hydrogen (secondary N) is 1. The van der Waals surface area contributed by atoms with Crippen molar-refractivity contribution < 1.29 is 9.59 Å². The second-order valence-corrected chi connectivity index (χ2v) is 9.15. The van der Waals surface area contributed by atoms with Crippen LogP contribution in [0.1, 0.15) is 43.5 Å². The molecule has 1 unspecified atom stereocenters. The van der Waals surface area contributed by atoms with Gasteiger partial charge in [-0.15, -0.1) is 0 Å². The van der Waals surface area contributed by atoms with Crippen molar-refractivity contribution in [1.82, 2.24) is 15.1 Å². The lowest BCUT2D eigenvalue weighted by atomic mass is 9.83. The highest BCUT2D eigenvalue weighted by Crippen LogP contribution is 2.31. The maximum absolute atomic E-state index is 12.5. The van der Waals surface area contributed by atoms with Gasteiger partial charge in [-0.1, -0.05) is 37.0 Å². The highest BCUT2D eigenvalue weighted by molar-refractivity contribution is 6.42. The highest BCUT2D eigenvalue weighted by Gasteiger charge is 2.35. The molecule has 3 rings (SSSR count). The van der Waals surface area contributed by atoms with Gasteiger partial charge < -0.3 is 10.2 Å². The van der Waals surface area contributed by atoms with Crippen molar-refractivity contribution in [2.24, 2.45) is 5.41 Å². The summed E-state index contributed by atoms with van der Waals surface area (Å²) < 4.78 is 0. The zero-order valence-corrected chi connectivity index (χ0v) is 17.4. The lowest BCUT2D eigenvalue weighted by Crippen LogP contribution is -2.47. The van der Waals surface area contributed by atoms with Gasteiger partial charge >= 0.3 is 0 Å². The van der Waals surface area contributed by atoms with E-state index in [9.17, 15) is 9.59 Å². The molecule has 2 aliphatic rings. The maximum Gasteiger partial charge on any atom is 0.251 e. The Morgan fingerprint density at radius 1 is 1.22 bits per heavy atom. The van der Waals surface area contributed by atoms with E-state index < -0.39 is 0 Å². The predicted molar refractivity (Wildman–Crippen MR) is 108 cm³/mol. The molecule has 2 heterocycles. The van der Waals surface area contributed by atoms with E-state index in [-0.39, 0.29) is 18.4 Å². The first-order valence-electron chi connectivity index (χ1n) is 9.50. The summed E-state index contributed by atoms with van der Waals surface area (Å²) in [5, 5.41) is 3.40. The van der Waals surface area contributed by atoms with Crippen molar-refractivity contribution in [3.05, 3.63) is 33.8 Å². The number of hydrogen-bond donors (Lipinski definition) is 1. The number of hydrogen-bond acceptors (Lipinski definition) is 3. The van der Waals surface area contributed by atoms with Crippen LogP contribution in [0.2, 0.25) is 10.0 Å². The zero-order chi connectivity index (χ0) is 19.6. The second kappa shape index (κ2) is 8.38. The average Bonchev–Trinajstić information content (AvgIpc) is 3.11. The number of benzene rings is 1. The first kappa shape index (κ1) is 20.4. The van der Waals surface area contributed by atoms with Gasteiger partial charge in [0.15, 0.2) is 0 Å². The number of nitrogens with zero attached hydrogens (tertiary/aromatic N) is 2. The van der Waals surface area contributed by atoms with Crippen LogP contribution >= 0.6 is 23.2 Å². The molecule has 148 valence electrons. The number of rotatable bonds is 4. The number of amides is 2. The molecule has 2 aliphatic heterocycles. The van der Waals surface area contributed by atoms with Crippen LogP contribution in [0.5, 0.6) is 0 Å². The van der Waals surface area contributed by atoms with Gasteiger partial charge in [-0.05, 0) is 49.4 Å². The van der Waals surface area contributed by atoms with Gasteiger partial charge in [-0.25, -0.2) is 0 Å². The Morgan fingerprint density at radius 3 is 2.70 bits per heavy atom. The molecule has 27 heavy (non-hydrogen) atoms. The summed E-state index contributed by atoms with van der Waals surface area (Å²) in [7, 11) is 0. The third kappa shape index (κ3) is 5.15. The second-order valence-electron chi connectivity index (χ2n) is 8.33. The minimum absolute atomic E-state index is 0.00269. The summed E-state index contributed by atoms with van der Waals surface area (Å²) in [5.41, 5.74) is 0.746. The molecule has 0 aromatic heterocycles. The smallest absolute Gasteiger partial charge is 0.251 e. The lowest BCUT2D eigenvalue weighted by Gasteiger charge is -2.41. The van der Waals surface area contributed by atoms with Gasteiger partial charge in [0, 0.05) is 31.2 Å². The Kier molecular flexibility index (Phi) is 6.34.